The largest absolute Gasteiger partial charge is 0.341 e. The molecule has 0 aliphatic carbocycles. The highest BCUT2D eigenvalue weighted by Crippen LogP contribution is 2.15. The lowest BCUT2D eigenvalue weighted by Gasteiger charge is -2.28. The molecule has 84 valence electrons. The van der Waals surface area contributed by atoms with Crippen molar-refractivity contribution in [3.8, 4) is 11.8 Å². The molecule has 0 radical (unpaired) electrons. The topological polar surface area (TPSA) is 20.3 Å². The maximum absolute atomic E-state index is 11.8. The van der Waals surface area contributed by atoms with Gasteiger partial charge in [0, 0.05) is 31.8 Å². The van der Waals surface area contributed by atoms with Crippen LogP contribution in [-0.4, -0.2) is 23.9 Å². The lowest BCUT2D eigenvalue weighted by Crippen LogP contribution is -2.37. The predicted octanol–water partition coefficient (Wildman–Crippen LogP) is 2.29. The zero-order chi connectivity index (χ0) is 11.3. The quantitative estimate of drug-likeness (QED) is 0.636. The molecule has 1 amide bonds. The number of amides is 1. The van der Waals surface area contributed by atoms with Crippen LogP contribution in [0, 0.1) is 23.7 Å². The molecule has 2 heteroatoms. The van der Waals surface area contributed by atoms with Crippen LogP contribution in [0.25, 0.3) is 0 Å². The second kappa shape index (κ2) is 5.80. The van der Waals surface area contributed by atoms with Crippen LogP contribution in [0.2, 0.25) is 0 Å². The number of nitrogens with zero attached hydrogens (tertiary/aromatic N) is 1. The van der Waals surface area contributed by atoms with Crippen LogP contribution in [-0.2, 0) is 4.79 Å². The van der Waals surface area contributed by atoms with Crippen LogP contribution in [0.1, 0.15) is 40.0 Å². The van der Waals surface area contributed by atoms with Gasteiger partial charge in [0.25, 0.3) is 0 Å². The average Bonchev–Trinajstić information content (AvgIpc) is 2.19. The molecule has 0 saturated heterocycles. The van der Waals surface area contributed by atoms with Gasteiger partial charge in [-0.3, -0.25) is 4.79 Å². The SMILES string of the molecule is CCCC(=O)N1CCC#C[C@H](C)[C@@H](C)C1. The lowest BCUT2D eigenvalue weighted by molar-refractivity contribution is -0.131. The van der Waals surface area contributed by atoms with E-state index in [-0.39, 0.29) is 0 Å². The first-order chi connectivity index (χ1) is 7.15. The highest BCUT2D eigenvalue weighted by molar-refractivity contribution is 5.76. The predicted molar refractivity (Wildman–Crippen MR) is 62.2 cm³/mol. The Bertz CT molecular complexity index is 274. The summed E-state index contributed by atoms with van der Waals surface area (Å²) in [5.41, 5.74) is 0. The van der Waals surface area contributed by atoms with E-state index >= 15 is 0 Å². The molecule has 2 atom stereocenters. The van der Waals surface area contributed by atoms with Gasteiger partial charge in [-0.25, -0.2) is 0 Å². The van der Waals surface area contributed by atoms with E-state index < -0.39 is 0 Å². The third-order valence-corrected chi connectivity index (χ3v) is 3.01. The van der Waals surface area contributed by atoms with Gasteiger partial charge in [-0.15, -0.1) is 5.92 Å². The van der Waals surface area contributed by atoms with Crippen molar-refractivity contribution in [3.63, 3.8) is 0 Å². The van der Waals surface area contributed by atoms with Crippen molar-refractivity contribution in [1.82, 2.24) is 4.90 Å². The van der Waals surface area contributed by atoms with Crippen molar-refractivity contribution in [1.29, 1.82) is 0 Å². The Morgan fingerprint density at radius 2 is 2.20 bits per heavy atom. The molecule has 0 bridgehead atoms. The highest BCUT2D eigenvalue weighted by atomic mass is 16.2. The van der Waals surface area contributed by atoms with Crippen LogP contribution in [0.3, 0.4) is 0 Å². The van der Waals surface area contributed by atoms with E-state index in [9.17, 15) is 4.79 Å². The van der Waals surface area contributed by atoms with Crippen molar-refractivity contribution < 1.29 is 4.79 Å². The Morgan fingerprint density at radius 3 is 2.87 bits per heavy atom. The maximum Gasteiger partial charge on any atom is 0.222 e. The molecule has 1 aliphatic heterocycles. The Hall–Kier alpha value is -0.970. The minimum atomic E-state index is 0.292. The smallest absolute Gasteiger partial charge is 0.222 e. The van der Waals surface area contributed by atoms with Gasteiger partial charge in [-0.2, -0.15) is 0 Å². The van der Waals surface area contributed by atoms with Gasteiger partial charge in [-0.1, -0.05) is 26.7 Å². The first-order valence-corrected chi connectivity index (χ1v) is 5.91. The Labute approximate surface area is 93.0 Å². The van der Waals surface area contributed by atoms with Crippen LogP contribution < -0.4 is 0 Å². The summed E-state index contributed by atoms with van der Waals surface area (Å²) >= 11 is 0. The second-order valence-electron chi connectivity index (χ2n) is 4.43. The molecule has 0 unspecified atom stereocenters. The van der Waals surface area contributed by atoms with Gasteiger partial charge in [-0.05, 0) is 12.3 Å². The molecule has 1 aliphatic rings. The summed E-state index contributed by atoms with van der Waals surface area (Å²) in [6.45, 7) is 8.05. The van der Waals surface area contributed by atoms with Crippen LogP contribution >= 0.6 is 0 Å². The fraction of sp³-hybridized carbons (Fsp3) is 0.769. The molecular formula is C13H21NO. The second-order valence-corrected chi connectivity index (χ2v) is 4.43. The van der Waals surface area contributed by atoms with Gasteiger partial charge in [0.2, 0.25) is 5.91 Å². The first-order valence-electron chi connectivity index (χ1n) is 5.91. The maximum atomic E-state index is 11.8. The van der Waals surface area contributed by atoms with E-state index in [0.717, 1.165) is 25.9 Å². The summed E-state index contributed by atoms with van der Waals surface area (Å²) in [7, 11) is 0. The minimum absolute atomic E-state index is 0.292. The molecule has 0 N–H and O–H groups in total. The molecule has 0 fully saturated rings. The third-order valence-electron chi connectivity index (χ3n) is 3.01. The molecule has 1 rings (SSSR count). The van der Waals surface area contributed by atoms with E-state index in [2.05, 4.69) is 25.7 Å². The third kappa shape index (κ3) is 3.58. The molecule has 0 saturated carbocycles. The van der Waals surface area contributed by atoms with Gasteiger partial charge in [0.15, 0.2) is 0 Å². The van der Waals surface area contributed by atoms with E-state index in [1.165, 1.54) is 0 Å². The summed E-state index contributed by atoms with van der Waals surface area (Å²) in [6.07, 6.45) is 2.44. The van der Waals surface area contributed by atoms with Crippen molar-refractivity contribution in [2.24, 2.45) is 11.8 Å². The summed E-state index contributed by atoms with van der Waals surface area (Å²) in [5, 5.41) is 0. The average molecular weight is 207 g/mol. The monoisotopic (exact) mass is 207 g/mol. The van der Waals surface area contributed by atoms with E-state index in [0.29, 0.717) is 24.2 Å². The van der Waals surface area contributed by atoms with Gasteiger partial charge >= 0.3 is 0 Å². The summed E-state index contributed by atoms with van der Waals surface area (Å²) in [4.78, 5) is 13.8. The van der Waals surface area contributed by atoms with E-state index in [1.54, 1.807) is 0 Å². The molecule has 1 heterocycles. The summed E-state index contributed by atoms with van der Waals surface area (Å²) in [5.74, 6) is 7.57. The van der Waals surface area contributed by atoms with Crippen LogP contribution in [0.5, 0.6) is 0 Å². The van der Waals surface area contributed by atoms with Crippen LogP contribution in [0.15, 0.2) is 0 Å². The fourth-order valence-electron chi connectivity index (χ4n) is 1.76. The molecule has 0 aromatic heterocycles. The van der Waals surface area contributed by atoms with Crippen molar-refractivity contribution in [2.75, 3.05) is 13.1 Å². The number of carbonyl (C=O) groups excluding carboxylic acids is 1. The molecule has 0 aromatic carbocycles. The van der Waals surface area contributed by atoms with Gasteiger partial charge in [0.1, 0.15) is 0 Å². The highest BCUT2D eigenvalue weighted by Gasteiger charge is 2.19. The Balaban J connectivity index is 2.61. The van der Waals surface area contributed by atoms with Crippen molar-refractivity contribution >= 4 is 5.91 Å². The molecule has 0 spiro atoms. The molecule has 15 heavy (non-hydrogen) atoms. The van der Waals surface area contributed by atoms with Crippen molar-refractivity contribution in [2.45, 2.75) is 40.0 Å². The fourth-order valence-corrected chi connectivity index (χ4v) is 1.76. The Morgan fingerprint density at radius 1 is 1.47 bits per heavy atom. The van der Waals surface area contributed by atoms with Crippen molar-refractivity contribution in [3.05, 3.63) is 0 Å². The normalized spacial score (nSPS) is 26.2. The summed E-state index contributed by atoms with van der Waals surface area (Å²) in [6, 6.07) is 0. The number of rotatable bonds is 2. The minimum Gasteiger partial charge on any atom is -0.341 e. The zero-order valence-corrected chi connectivity index (χ0v) is 10.0. The zero-order valence-electron chi connectivity index (χ0n) is 10.0. The van der Waals surface area contributed by atoms with E-state index in [4.69, 9.17) is 0 Å². The summed E-state index contributed by atoms with van der Waals surface area (Å²) < 4.78 is 0. The standard InChI is InChI=1S/C13H21NO/c1-4-7-13(15)14-9-6-5-8-11(2)12(3)10-14/h11-12H,4,6-7,9-10H2,1-3H3/t11-,12-/m0/s1. The Kier molecular flexibility index (Phi) is 4.68. The number of hydrogen-bond acceptors (Lipinski definition) is 1. The molecule has 0 aromatic rings. The van der Waals surface area contributed by atoms with E-state index in [1.807, 2.05) is 11.8 Å². The molecular weight excluding hydrogens is 186 g/mol. The van der Waals surface area contributed by atoms with Crippen LogP contribution in [0.4, 0.5) is 0 Å². The number of carbonyl (C=O) groups is 1. The lowest BCUT2D eigenvalue weighted by atomic mass is 9.94. The van der Waals surface area contributed by atoms with Gasteiger partial charge < -0.3 is 4.90 Å². The first kappa shape index (κ1) is 12.1. The molecule has 2 nitrogen and oxygen atoms in total. The van der Waals surface area contributed by atoms with Gasteiger partial charge in [0.05, 0.1) is 0 Å². The number of hydrogen-bond donors (Lipinski definition) is 0.